The molecule has 2 aromatic carbocycles. The minimum absolute atomic E-state index is 0.0854. The zero-order chi connectivity index (χ0) is 22.1. The van der Waals surface area contributed by atoms with E-state index in [4.69, 9.17) is 0 Å². The highest BCUT2D eigenvalue weighted by molar-refractivity contribution is 5.86. The fraction of sp³-hybridized carbons (Fsp3) is 0.462. The van der Waals surface area contributed by atoms with Crippen molar-refractivity contribution in [3.05, 3.63) is 71.5 Å². The Morgan fingerprint density at radius 2 is 1.78 bits per heavy atom. The number of benzene rings is 2. The van der Waals surface area contributed by atoms with Crippen molar-refractivity contribution >= 4 is 11.8 Å². The van der Waals surface area contributed by atoms with Gasteiger partial charge in [0.25, 0.3) is 0 Å². The maximum absolute atomic E-state index is 13.4. The molecule has 0 bridgehead atoms. The van der Waals surface area contributed by atoms with Crippen LogP contribution >= 0.6 is 0 Å². The van der Waals surface area contributed by atoms with Gasteiger partial charge in [-0.05, 0) is 61.5 Å². The molecule has 0 radical (unpaired) electrons. The van der Waals surface area contributed by atoms with Crippen LogP contribution in [0.5, 0.6) is 0 Å². The molecular formula is C26H30FN3O2. The average molecular weight is 436 g/mol. The summed E-state index contributed by atoms with van der Waals surface area (Å²) in [4.78, 5) is 27.6. The quantitative estimate of drug-likeness (QED) is 0.733. The molecule has 2 N–H and O–H groups in total. The first kappa shape index (κ1) is 21.1. The maximum atomic E-state index is 13.4. The number of carbonyl (C=O) groups excluding carboxylic acids is 2. The molecule has 1 spiro atoms. The summed E-state index contributed by atoms with van der Waals surface area (Å²) in [6, 6.07) is 16.8. The Kier molecular flexibility index (Phi) is 5.72. The smallest absolute Gasteiger partial charge is 0.227 e. The van der Waals surface area contributed by atoms with E-state index in [9.17, 15) is 14.0 Å². The molecule has 2 aliphatic heterocycles. The zero-order valence-electron chi connectivity index (χ0n) is 18.2. The van der Waals surface area contributed by atoms with Crippen LogP contribution in [0.25, 0.3) is 0 Å². The number of piperidine rings is 1. The van der Waals surface area contributed by atoms with Crippen molar-refractivity contribution in [1.82, 2.24) is 15.5 Å². The van der Waals surface area contributed by atoms with Crippen molar-refractivity contribution in [2.45, 2.75) is 31.1 Å². The first-order chi connectivity index (χ1) is 15.6. The number of halogens is 1. The summed E-state index contributed by atoms with van der Waals surface area (Å²) in [7, 11) is 0. The Hall–Kier alpha value is -2.73. The lowest BCUT2D eigenvalue weighted by Gasteiger charge is -2.41. The molecule has 2 saturated heterocycles. The molecule has 3 fully saturated rings. The van der Waals surface area contributed by atoms with Crippen molar-refractivity contribution in [3.8, 4) is 0 Å². The number of carbonyl (C=O) groups is 2. The molecule has 2 unspecified atom stereocenters. The summed E-state index contributed by atoms with van der Waals surface area (Å²) >= 11 is 0. The minimum Gasteiger partial charge on any atom is -0.355 e. The van der Waals surface area contributed by atoms with Crippen LogP contribution in [0.2, 0.25) is 0 Å². The largest absolute Gasteiger partial charge is 0.355 e. The maximum Gasteiger partial charge on any atom is 0.227 e. The molecule has 3 aliphatic rings. The van der Waals surface area contributed by atoms with Crippen molar-refractivity contribution < 1.29 is 14.0 Å². The normalized spacial score (nSPS) is 26.7. The summed E-state index contributed by atoms with van der Waals surface area (Å²) in [6.07, 6.45) is 2.50. The van der Waals surface area contributed by atoms with Crippen LogP contribution in [-0.4, -0.2) is 49.4 Å². The second kappa shape index (κ2) is 8.66. The fourth-order valence-corrected chi connectivity index (χ4v) is 5.63. The second-order valence-corrected chi connectivity index (χ2v) is 9.46. The second-order valence-electron chi connectivity index (χ2n) is 9.46. The van der Waals surface area contributed by atoms with Crippen molar-refractivity contribution in [1.29, 1.82) is 0 Å². The van der Waals surface area contributed by atoms with E-state index in [1.54, 1.807) is 0 Å². The Labute approximate surface area is 188 Å². The third-order valence-electron chi connectivity index (χ3n) is 7.69. The van der Waals surface area contributed by atoms with Gasteiger partial charge in [-0.1, -0.05) is 42.5 Å². The van der Waals surface area contributed by atoms with Gasteiger partial charge in [0.15, 0.2) is 0 Å². The van der Waals surface area contributed by atoms with Gasteiger partial charge < -0.3 is 15.5 Å². The van der Waals surface area contributed by atoms with Crippen LogP contribution in [0.3, 0.4) is 0 Å². The Balaban J connectivity index is 1.10. The Morgan fingerprint density at radius 3 is 2.50 bits per heavy atom. The lowest BCUT2D eigenvalue weighted by Crippen LogP contribution is -2.47. The number of nitrogens with zero attached hydrogens (tertiary/aromatic N) is 1. The average Bonchev–Trinajstić information content (AvgIpc) is 3.57. The summed E-state index contributed by atoms with van der Waals surface area (Å²) in [5.74, 6) is 0.566. The predicted molar refractivity (Wildman–Crippen MR) is 121 cm³/mol. The summed E-state index contributed by atoms with van der Waals surface area (Å²) < 4.78 is 13.4. The van der Waals surface area contributed by atoms with Gasteiger partial charge in [-0.25, -0.2) is 4.39 Å². The van der Waals surface area contributed by atoms with Gasteiger partial charge >= 0.3 is 0 Å². The molecular weight excluding hydrogens is 405 g/mol. The molecule has 32 heavy (non-hydrogen) atoms. The highest BCUT2D eigenvalue weighted by atomic mass is 19.1. The number of likely N-dealkylation sites (tertiary alicyclic amines) is 1. The Morgan fingerprint density at radius 1 is 1.06 bits per heavy atom. The van der Waals surface area contributed by atoms with E-state index in [-0.39, 0.29) is 29.5 Å². The SMILES string of the molecule is O=C(NCCN1CCC2(CC1)C(=O)NC[C@@H]2c1ccc(F)cc1)C1CC1c1ccccc1. The van der Waals surface area contributed by atoms with Crippen LogP contribution in [0.4, 0.5) is 4.39 Å². The molecule has 5 nitrogen and oxygen atoms in total. The predicted octanol–water partition coefficient (Wildman–Crippen LogP) is 3.04. The van der Waals surface area contributed by atoms with Gasteiger partial charge in [0.05, 0.1) is 5.41 Å². The van der Waals surface area contributed by atoms with Gasteiger partial charge in [-0.15, -0.1) is 0 Å². The third-order valence-corrected chi connectivity index (χ3v) is 7.69. The van der Waals surface area contributed by atoms with E-state index in [2.05, 4.69) is 27.7 Å². The standard InChI is InChI=1S/C26H30FN3O2/c27-20-8-6-19(7-9-20)23-17-29-25(32)26(23)10-13-30(14-11-26)15-12-28-24(31)22-16-21(22)18-4-2-1-3-5-18/h1-9,21-23H,10-17H2,(H,28,31)(H,29,32)/t21?,22?,23-/m1/s1. The van der Waals surface area contributed by atoms with E-state index in [1.165, 1.54) is 17.7 Å². The van der Waals surface area contributed by atoms with Gasteiger partial charge in [-0.2, -0.15) is 0 Å². The van der Waals surface area contributed by atoms with E-state index in [0.717, 1.165) is 44.5 Å². The van der Waals surface area contributed by atoms with Crippen LogP contribution in [0.15, 0.2) is 54.6 Å². The molecule has 1 aliphatic carbocycles. The fourth-order valence-electron chi connectivity index (χ4n) is 5.63. The summed E-state index contributed by atoms with van der Waals surface area (Å²) in [5, 5.41) is 6.15. The lowest BCUT2D eigenvalue weighted by molar-refractivity contribution is -0.130. The first-order valence-electron chi connectivity index (χ1n) is 11.7. The van der Waals surface area contributed by atoms with E-state index in [1.807, 2.05) is 30.3 Å². The molecule has 168 valence electrons. The van der Waals surface area contributed by atoms with Crippen molar-refractivity contribution in [2.75, 3.05) is 32.7 Å². The van der Waals surface area contributed by atoms with E-state index >= 15 is 0 Å². The zero-order valence-corrected chi connectivity index (χ0v) is 18.2. The molecule has 5 rings (SSSR count). The molecule has 0 aromatic heterocycles. The van der Waals surface area contributed by atoms with Gasteiger partial charge in [0.2, 0.25) is 11.8 Å². The first-order valence-corrected chi connectivity index (χ1v) is 11.7. The van der Waals surface area contributed by atoms with Crippen LogP contribution in [0, 0.1) is 17.2 Å². The van der Waals surface area contributed by atoms with E-state index < -0.39 is 5.41 Å². The van der Waals surface area contributed by atoms with Gasteiger partial charge in [0, 0.05) is 31.5 Å². The molecule has 6 heteroatoms. The highest BCUT2D eigenvalue weighted by Gasteiger charge is 2.52. The number of nitrogens with one attached hydrogen (secondary N) is 2. The lowest BCUT2D eigenvalue weighted by atomic mass is 9.68. The minimum atomic E-state index is -0.408. The topological polar surface area (TPSA) is 61.4 Å². The third kappa shape index (κ3) is 4.04. The summed E-state index contributed by atoms with van der Waals surface area (Å²) in [6.45, 7) is 3.71. The monoisotopic (exact) mass is 435 g/mol. The molecule has 2 amide bonds. The van der Waals surface area contributed by atoms with Gasteiger partial charge in [0.1, 0.15) is 5.82 Å². The Bertz CT molecular complexity index is 970. The van der Waals surface area contributed by atoms with Crippen molar-refractivity contribution in [3.63, 3.8) is 0 Å². The number of rotatable bonds is 6. The molecule has 1 saturated carbocycles. The number of hydrogen-bond acceptors (Lipinski definition) is 3. The van der Waals surface area contributed by atoms with Crippen LogP contribution < -0.4 is 10.6 Å². The van der Waals surface area contributed by atoms with Crippen LogP contribution in [-0.2, 0) is 9.59 Å². The molecule has 3 atom stereocenters. The molecule has 2 aromatic rings. The van der Waals surface area contributed by atoms with Crippen molar-refractivity contribution in [2.24, 2.45) is 11.3 Å². The number of amides is 2. The van der Waals surface area contributed by atoms with Gasteiger partial charge in [-0.3, -0.25) is 9.59 Å². The summed E-state index contributed by atoms with van der Waals surface area (Å²) in [5.41, 5.74) is 1.87. The van der Waals surface area contributed by atoms with Crippen LogP contribution in [0.1, 0.15) is 42.2 Å². The van der Waals surface area contributed by atoms with E-state index in [0.29, 0.717) is 19.0 Å². The highest BCUT2D eigenvalue weighted by Crippen LogP contribution is 2.48. The number of hydrogen-bond donors (Lipinski definition) is 2. The molecule has 2 heterocycles.